The molecule has 4 heteroatoms. The van der Waals surface area contributed by atoms with Crippen LogP contribution in [-0.4, -0.2) is 30.3 Å². The zero-order valence-electron chi connectivity index (χ0n) is 11.7. The number of rotatable bonds is 5. The summed E-state index contributed by atoms with van der Waals surface area (Å²) in [4.78, 5) is 1.98. The van der Waals surface area contributed by atoms with Gasteiger partial charge in [-0.05, 0) is 30.5 Å². The molecule has 1 aliphatic heterocycles. The summed E-state index contributed by atoms with van der Waals surface area (Å²) < 4.78 is 14.2. The van der Waals surface area contributed by atoms with E-state index < -0.39 is 0 Å². The third-order valence-corrected chi connectivity index (χ3v) is 3.62. The minimum atomic E-state index is -0.191. The van der Waals surface area contributed by atoms with Crippen molar-refractivity contribution in [2.45, 2.75) is 45.3 Å². The maximum absolute atomic E-state index is 14.2. The molecule has 0 saturated carbocycles. The minimum absolute atomic E-state index is 0.0640. The lowest BCUT2D eigenvalue weighted by Gasteiger charge is -2.26. The smallest absolute Gasteiger partial charge is 0.146 e. The molecule has 2 N–H and O–H groups in total. The number of aliphatic hydroxyl groups excluding tert-OH is 1. The summed E-state index contributed by atoms with van der Waals surface area (Å²) in [5.41, 5.74) is 1.57. The third kappa shape index (κ3) is 3.45. The van der Waals surface area contributed by atoms with Gasteiger partial charge in [-0.2, -0.15) is 0 Å². The van der Waals surface area contributed by atoms with Gasteiger partial charge in [-0.15, -0.1) is 0 Å². The summed E-state index contributed by atoms with van der Waals surface area (Å²) in [7, 11) is 0. The fraction of sp³-hybridized carbons (Fsp3) is 0.600. The van der Waals surface area contributed by atoms with Gasteiger partial charge in [-0.3, -0.25) is 0 Å². The highest BCUT2D eigenvalue weighted by atomic mass is 19.1. The number of benzene rings is 1. The largest absolute Gasteiger partial charge is 0.394 e. The van der Waals surface area contributed by atoms with Crippen LogP contribution in [0.5, 0.6) is 0 Å². The van der Waals surface area contributed by atoms with Crippen LogP contribution in [0.3, 0.4) is 0 Å². The van der Waals surface area contributed by atoms with Crippen LogP contribution in [0.1, 0.15) is 32.3 Å². The molecule has 1 aliphatic rings. The van der Waals surface area contributed by atoms with E-state index in [0.29, 0.717) is 18.3 Å². The Bertz CT molecular complexity index is 423. The summed E-state index contributed by atoms with van der Waals surface area (Å²) >= 11 is 0. The number of aliphatic hydroxyl groups is 1. The average Bonchev–Trinajstić information content (AvgIpc) is 2.84. The van der Waals surface area contributed by atoms with Crippen molar-refractivity contribution < 1.29 is 9.50 Å². The molecule has 0 amide bonds. The quantitative estimate of drug-likeness (QED) is 0.858. The summed E-state index contributed by atoms with van der Waals surface area (Å²) in [5.74, 6) is -0.191. The van der Waals surface area contributed by atoms with Gasteiger partial charge in [0, 0.05) is 19.1 Å². The Morgan fingerprint density at radius 3 is 2.89 bits per heavy atom. The molecule has 1 aromatic carbocycles. The molecule has 1 saturated heterocycles. The number of nitrogens with one attached hydrogen (secondary N) is 1. The van der Waals surface area contributed by atoms with Gasteiger partial charge in [-0.25, -0.2) is 4.39 Å². The molecule has 19 heavy (non-hydrogen) atoms. The lowest BCUT2D eigenvalue weighted by atomic mass is 10.1. The molecule has 106 valence electrons. The molecule has 1 heterocycles. The number of halogens is 1. The molecule has 1 aromatic rings. The Morgan fingerprint density at radius 2 is 2.26 bits per heavy atom. The second-order valence-corrected chi connectivity index (χ2v) is 5.49. The Balaban J connectivity index is 2.10. The number of nitrogens with zero attached hydrogens (tertiary/aromatic N) is 1. The van der Waals surface area contributed by atoms with Gasteiger partial charge in [0.15, 0.2) is 0 Å². The predicted molar refractivity (Wildman–Crippen MR) is 75.8 cm³/mol. The monoisotopic (exact) mass is 266 g/mol. The van der Waals surface area contributed by atoms with Gasteiger partial charge in [-0.1, -0.05) is 19.9 Å². The molecule has 0 aromatic heterocycles. The fourth-order valence-corrected chi connectivity index (χ4v) is 2.56. The topological polar surface area (TPSA) is 35.5 Å². The fourth-order valence-electron chi connectivity index (χ4n) is 2.56. The molecule has 0 bridgehead atoms. The first-order valence-corrected chi connectivity index (χ1v) is 7.01. The molecular weight excluding hydrogens is 243 g/mol. The first-order valence-electron chi connectivity index (χ1n) is 7.01. The van der Waals surface area contributed by atoms with Crippen LogP contribution in [0, 0.1) is 5.82 Å². The normalized spacial score (nSPS) is 19.4. The minimum Gasteiger partial charge on any atom is -0.394 e. The second kappa shape index (κ2) is 6.35. The van der Waals surface area contributed by atoms with E-state index in [1.807, 2.05) is 17.0 Å². The Hall–Kier alpha value is -1.13. The molecule has 0 spiro atoms. The van der Waals surface area contributed by atoms with Gasteiger partial charge < -0.3 is 15.3 Å². The van der Waals surface area contributed by atoms with E-state index in [-0.39, 0.29) is 18.5 Å². The molecule has 0 radical (unpaired) electrons. The first-order chi connectivity index (χ1) is 9.11. The summed E-state index contributed by atoms with van der Waals surface area (Å²) in [6, 6.07) is 5.84. The Kier molecular flexibility index (Phi) is 4.77. The van der Waals surface area contributed by atoms with Crippen LogP contribution in [0.25, 0.3) is 0 Å². The zero-order chi connectivity index (χ0) is 13.8. The molecule has 0 aliphatic carbocycles. The average molecular weight is 266 g/mol. The SMILES string of the molecule is CC(C)NCc1ccc(N2CCCC2CO)c(F)c1. The van der Waals surface area contributed by atoms with Gasteiger partial charge in [0.2, 0.25) is 0 Å². The highest BCUT2D eigenvalue weighted by Gasteiger charge is 2.25. The van der Waals surface area contributed by atoms with Crippen LogP contribution in [0.2, 0.25) is 0 Å². The van der Waals surface area contributed by atoms with Crippen molar-refractivity contribution in [3.63, 3.8) is 0 Å². The highest BCUT2D eigenvalue weighted by Crippen LogP contribution is 2.28. The van der Waals surface area contributed by atoms with Gasteiger partial charge in [0.1, 0.15) is 5.82 Å². The van der Waals surface area contributed by atoms with Gasteiger partial charge >= 0.3 is 0 Å². The van der Waals surface area contributed by atoms with Crippen molar-refractivity contribution in [3.05, 3.63) is 29.6 Å². The van der Waals surface area contributed by atoms with Crippen molar-refractivity contribution in [1.29, 1.82) is 0 Å². The number of anilines is 1. The number of hydrogen-bond donors (Lipinski definition) is 2. The van der Waals surface area contributed by atoms with Crippen LogP contribution in [0.15, 0.2) is 18.2 Å². The lowest BCUT2D eigenvalue weighted by molar-refractivity contribution is 0.266. The molecule has 3 nitrogen and oxygen atoms in total. The van der Waals surface area contributed by atoms with Crippen molar-refractivity contribution >= 4 is 5.69 Å². The van der Waals surface area contributed by atoms with Crippen molar-refractivity contribution in [3.8, 4) is 0 Å². The van der Waals surface area contributed by atoms with Crippen LogP contribution in [0.4, 0.5) is 10.1 Å². The first kappa shape index (κ1) is 14.3. The van der Waals surface area contributed by atoms with Crippen molar-refractivity contribution in [2.24, 2.45) is 0 Å². The highest BCUT2D eigenvalue weighted by molar-refractivity contribution is 5.51. The summed E-state index contributed by atoms with van der Waals surface area (Å²) in [5, 5.41) is 12.6. The maximum Gasteiger partial charge on any atom is 0.146 e. The third-order valence-electron chi connectivity index (χ3n) is 3.62. The lowest BCUT2D eigenvalue weighted by Crippen LogP contribution is -2.32. The van der Waals surface area contributed by atoms with Crippen LogP contribution >= 0.6 is 0 Å². The maximum atomic E-state index is 14.2. The zero-order valence-corrected chi connectivity index (χ0v) is 11.7. The summed E-state index contributed by atoms with van der Waals surface area (Å²) in [6.07, 6.45) is 1.95. The Labute approximate surface area is 114 Å². The molecule has 1 fully saturated rings. The molecule has 2 rings (SSSR count). The van der Waals surface area contributed by atoms with E-state index in [1.54, 1.807) is 6.07 Å². The Morgan fingerprint density at radius 1 is 1.47 bits per heavy atom. The predicted octanol–water partition coefficient (Wildman–Crippen LogP) is 2.28. The van der Waals surface area contributed by atoms with E-state index in [2.05, 4.69) is 19.2 Å². The van der Waals surface area contributed by atoms with E-state index in [4.69, 9.17) is 0 Å². The molecule has 1 unspecified atom stereocenters. The van der Waals surface area contributed by atoms with E-state index >= 15 is 0 Å². The van der Waals surface area contributed by atoms with E-state index in [9.17, 15) is 9.50 Å². The standard InChI is InChI=1S/C15H23FN2O/c1-11(2)17-9-12-5-6-15(14(16)8-12)18-7-3-4-13(18)10-19/h5-6,8,11,13,17,19H,3-4,7,9-10H2,1-2H3. The number of hydrogen-bond acceptors (Lipinski definition) is 3. The van der Waals surface area contributed by atoms with Crippen LogP contribution in [-0.2, 0) is 6.54 Å². The van der Waals surface area contributed by atoms with Crippen molar-refractivity contribution in [1.82, 2.24) is 5.32 Å². The van der Waals surface area contributed by atoms with E-state index in [1.165, 1.54) is 0 Å². The van der Waals surface area contributed by atoms with E-state index in [0.717, 1.165) is 24.9 Å². The van der Waals surface area contributed by atoms with Crippen LogP contribution < -0.4 is 10.2 Å². The second-order valence-electron chi connectivity index (χ2n) is 5.49. The van der Waals surface area contributed by atoms with Crippen molar-refractivity contribution in [2.75, 3.05) is 18.1 Å². The molecule has 1 atom stereocenters. The summed E-state index contributed by atoms with van der Waals surface area (Å²) in [6.45, 7) is 5.74. The van der Waals surface area contributed by atoms with Gasteiger partial charge in [0.05, 0.1) is 18.3 Å². The van der Waals surface area contributed by atoms with Gasteiger partial charge in [0.25, 0.3) is 0 Å². The molecular formula is C15H23FN2O.